The Bertz CT molecular complexity index is 577. The number of sulfone groups is 1. The van der Waals surface area contributed by atoms with Crippen molar-refractivity contribution >= 4 is 27.3 Å². The van der Waals surface area contributed by atoms with E-state index in [1.165, 1.54) is 6.26 Å². The molecule has 1 fully saturated rings. The van der Waals surface area contributed by atoms with Crippen LogP contribution in [0.4, 0.5) is 5.82 Å². The normalized spacial score (nSPS) is 20.1. The summed E-state index contributed by atoms with van der Waals surface area (Å²) in [4.78, 5) is 6.47. The minimum Gasteiger partial charge on any atom is -0.377 e. The smallest absolute Gasteiger partial charge is 0.151 e. The monoisotopic (exact) mass is 318 g/mol. The van der Waals surface area contributed by atoms with Crippen LogP contribution in [0.1, 0.15) is 18.9 Å². The number of aromatic nitrogens is 1. The van der Waals surface area contributed by atoms with Crippen molar-refractivity contribution in [2.45, 2.75) is 25.1 Å². The molecule has 1 saturated heterocycles. The van der Waals surface area contributed by atoms with Gasteiger partial charge in [-0.25, -0.2) is 13.4 Å². The predicted molar refractivity (Wildman–Crippen MR) is 80.0 cm³/mol. The van der Waals surface area contributed by atoms with E-state index in [0.717, 1.165) is 18.8 Å². The Morgan fingerprint density at radius 3 is 2.90 bits per heavy atom. The van der Waals surface area contributed by atoms with E-state index in [4.69, 9.17) is 16.3 Å². The molecule has 0 N–H and O–H groups in total. The van der Waals surface area contributed by atoms with Crippen molar-refractivity contribution in [3.63, 3.8) is 0 Å². The van der Waals surface area contributed by atoms with E-state index in [-0.39, 0.29) is 11.8 Å². The molecule has 0 bridgehead atoms. The molecule has 20 heavy (non-hydrogen) atoms. The Kier molecular flexibility index (Phi) is 4.88. The zero-order valence-corrected chi connectivity index (χ0v) is 13.2. The first-order chi connectivity index (χ1) is 9.39. The third kappa shape index (κ3) is 4.07. The van der Waals surface area contributed by atoms with Gasteiger partial charge in [0.1, 0.15) is 11.0 Å². The number of nitrogens with zero attached hydrogens (tertiary/aromatic N) is 2. The van der Waals surface area contributed by atoms with Gasteiger partial charge in [0.05, 0.1) is 25.0 Å². The minimum absolute atomic E-state index is 0.0244. The molecule has 2 rings (SSSR count). The van der Waals surface area contributed by atoms with Crippen LogP contribution in [-0.4, -0.2) is 45.5 Å². The molecule has 1 aliphatic rings. The quantitative estimate of drug-likeness (QED) is 0.794. The largest absolute Gasteiger partial charge is 0.377 e. The maximum atomic E-state index is 11.4. The average Bonchev–Trinajstić information content (AvgIpc) is 2.36. The van der Waals surface area contributed by atoms with Crippen LogP contribution < -0.4 is 4.90 Å². The van der Waals surface area contributed by atoms with Gasteiger partial charge in [0.2, 0.25) is 0 Å². The van der Waals surface area contributed by atoms with Crippen molar-refractivity contribution in [1.29, 1.82) is 0 Å². The lowest BCUT2D eigenvalue weighted by Crippen LogP contribution is -2.45. The summed E-state index contributed by atoms with van der Waals surface area (Å²) < 4.78 is 28.3. The summed E-state index contributed by atoms with van der Waals surface area (Å²) in [6.45, 7) is 4.14. The summed E-state index contributed by atoms with van der Waals surface area (Å²) in [6, 6.07) is 3.66. The molecule has 1 aliphatic heterocycles. The van der Waals surface area contributed by atoms with E-state index in [2.05, 4.69) is 16.8 Å². The molecular formula is C13H19ClN2O3S. The number of halogens is 1. The molecule has 2 heterocycles. The fourth-order valence-corrected chi connectivity index (χ4v) is 3.36. The number of ether oxygens (including phenoxy) is 1. The summed E-state index contributed by atoms with van der Waals surface area (Å²) in [5, 5.41) is 0.322. The molecule has 1 atom stereocenters. The fraction of sp³-hybridized carbons (Fsp3) is 0.615. The van der Waals surface area contributed by atoms with Gasteiger partial charge in [0.15, 0.2) is 9.84 Å². The Hall–Kier alpha value is -0.850. The molecule has 7 heteroatoms. The van der Waals surface area contributed by atoms with E-state index in [1.54, 1.807) is 12.1 Å². The number of rotatable bonds is 4. The van der Waals surface area contributed by atoms with Crippen molar-refractivity contribution in [2.24, 2.45) is 0 Å². The van der Waals surface area contributed by atoms with Crippen molar-refractivity contribution in [3.8, 4) is 0 Å². The minimum atomic E-state index is -3.09. The van der Waals surface area contributed by atoms with Crippen molar-refractivity contribution in [1.82, 2.24) is 4.98 Å². The number of hydrogen-bond acceptors (Lipinski definition) is 5. The molecule has 0 radical (unpaired) electrons. The van der Waals surface area contributed by atoms with Crippen LogP contribution in [0.5, 0.6) is 0 Å². The van der Waals surface area contributed by atoms with Gasteiger partial charge < -0.3 is 9.64 Å². The molecule has 0 spiro atoms. The number of hydrogen-bond donors (Lipinski definition) is 0. The van der Waals surface area contributed by atoms with Gasteiger partial charge in [-0.15, -0.1) is 0 Å². The maximum absolute atomic E-state index is 11.4. The molecule has 1 aromatic heterocycles. The highest BCUT2D eigenvalue weighted by Crippen LogP contribution is 2.24. The predicted octanol–water partition coefficient (Wildman–Crippen LogP) is 1.89. The highest BCUT2D eigenvalue weighted by atomic mass is 35.5. The molecule has 0 aliphatic carbocycles. The SMILES string of the molecule is CC[C@H]1COCCN1c1cc(CS(C)(=O)=O)cc(Cl)n1. The fourth-order valence-electron chi connectivity index (χ4n) is 2.36. The zero-order chi connectivity index (χ0) is 14.8. The molecule has 112 valence electrons. The average molecular weight is 319 g/mol. The first kappa shape index (κ1) is 15.5. The lowest BCUT2D eigenvalue weighted by Gasteiger charge is -2.36. The van der Waals surface area contributed by atoms with E-state index >= 15 is 0 Å². The van der Waals surface area contributed by atoms with E-state index in [0.29, 0.717) is 23.9 Å². The third-order valence-electron chi connectivity index (χ3n) is 3.26. The standard InChI is InChI=1S/C13H19ClN2O3S/c1-3-11-8-19-5-4-16(11)13-7-10(6-12(14)15-13)9-20(2,17)18/h6-7,11H,3-5,8-9H2,1-2H3/t11-/m0/s1. The van der Waals surface area contributed by atoms with E-state index < -0.39 is 9.84 Å². The first-order valence-corrected chi connectivity index (χ1v) is 9.01. The topological polar surface area (TPSA) is 59.5 Å². The maximum Gasteiger partial charge on any atom is 0.151 e. The Balaban J connectivity index is 2.31. The van der Waals surface area contributed by atoms with Gasteiger partial charge in [-0.3, -0.25) is 0 Å². The van der Waals surface area contributed by atoms with Crippen LogP contribution in [0.25, 0.3) is 0 Å². The van der Waals surface area contributed by atoms with Crippen molar-refractivity contribution in [2.75, 3.05) is 30.9 Å². The van der Waals surface area contributed by atoms with Crippen LogP contribution in [-0.2, 0) is 20.3 Å². The van der Waals surface area contributed by atoms with Crippen LogP contribution in [0.3, 0.4) is 0 Å². The molecule has 1 aromatic rings. The summed E-state index contributed by atoms with van der Waals surface area (Å²) in [6.07, 6.45) is 2.15. The second-order valence-corrected chi connectivity index (χ2v) is 7.58. The first-order valence-electron chi connectivity index (χ1n) is 6.57. The van der Waals surface area contributed by atoms with Crippen LogP contribution in [0, 0.1) is 0 Å². The number of morpholine rings is 1. The second-order valence-electron chi connectivity index (χ2n) is 5.06. The zero-order valence-electron chi connectivity index (χ0n) is 11.7. The summed E-state index contributed by atoms with van der Waals surface area (Å²) in [7, 11) is -3.09. The van der Waals surface area contributed by atoms with Crippen molar-refractivity contribution in [3.05, 3.63) is 22.8 Å². The molecule has 0 amide bonds. The van der Waals surface area contributed by atoms with E-state index in [9.17, 15) is 8.42 Å². The second kappa shape index (κ2) is 6.28. The van der Waals surface area contributed by atoms with Gasteiger partial charge in [-0.1, -0.05) is 18.5 Å². The molecule has 5 nitrogen and oxygen atoms in total. The molecule has 0 saturated carbocycles. The Morgan fingerprint density at radius 1 is 1.50 bits per heavy atom. The Labute approximate surface area is 124 Å². The summed E-state index contributed by atoms with van der Waals surface area (Å²) >= 11 is 6.03. The highest BCUT2D eigenvalue weighted by molar-refractivity contribution is 7.89. The van der Waals surface area contributed by atoms with Gasteiger partial charge >= 0.3 is 0 Å². The van der Waals surface area contributed by atoms with Gasteiger partial charge in [0.25, 0.3) is 0 Å². The van der Waals surface area contributed by atoms with Crippen LogP contribution in [0.15, 0.2) is 12.1 Å². The van der Waals surface area contributed by atoms with Crippen LogP contribution in [0.2, 0.25) is 5.15 Å². The summed E-state index contributed by atoms with van der Waals surface area (Å²) in [5.74, 6) is 0.704. The van der Waals surface area contributed by atoms with Crippen LogP contribution >= 0.6 is 11.6 Å². The Morgan fingerprint density at radius 2 is 2.25 bits per heavy atom. The molecule has 0 unspecified atom stereocenters. The summed E-state index contributed by atoms with van der Waals surface area (Å²) in [5.41, 5.74) is 0.670. The number of pyridine rings is 1. The van der Waals surface area contributed by atoms with Crippen molar-refractivity contribution < 1.29 is 13.2 Å². The third-order valence-corrected chi connectivity index (χ3v) is 4.31. The number of anilines is 1. The molecule has 0 aromatic carbocycles. The van der Waals surface area contributed by atoms with Gasteiger partial charge in [0, 0.05) is 12.8 Å². The molecular weight excluding hydrogens is 300 g/mol. The van der Waals surface area contributed by atoms with E-state index in [1.807, 2.05) is 0 Å². The lowest BCUT2D eigenvalue weighted by molar-refractivity contribution is 0.0925. The van der Waals surface area contributed by atoms with Gasteiger partial charge in [-0.05, 0) is 24.1 Å². The lowest BCUT2D eigenvalue weighted by atomic mass is 10.1. The highest BCUT2D eigenvalue weighted by Gasteiger charge is 2.23. The van der Waals surface area contributed by atoms with Gasteiger partial charge in [-0.2, -0.15) is 0 Å².